The molecule has 7 nitrogen and oxygen atoms in total. The lowest BCUT2D eigenvalue weighted by atomic mass is 9.80. The van der Waals surface area contributed by atoms with E-state index in [-0.39, 0.29) is 37.0 Å². The third kappa shape index (κ3) is 4.52. The van der Waals surface area contributed by atoms with Crippen LogP contribution in [0.5, 0.6) is 0 Å². The van der Waals surface area contributed by atoms with Gasteiger partial charge in [-0.2, -0.15) is 0 Å². The van der Waals surface area contributed by atoms with Crippen molar-refractivity contribution in [3.63, 3.8) is 0 Å². The van der Waals surface area contributed by atoms with Crippen LogP contribution in [0, 0.1) is 5.41 Å². The van der Waals surface area contributed by atoms with Crippen molar-refractivity contribution in [2.24, 2.45) is 5.41 Å². The minimum absolute atomic E-state index is 0.0715. The number of benzene rings is 1. The van der Waals surface area contributed by atoms with Gasteiger partial charge in [-0.3, -0.25) is 19.2 Å². The molecule has 0 heterocycles. The van der Waals surface area contributed by atoms with Gasteiger partial charge in [0, 0.05) is 18.4 Å². The molecule has 1 N–H and O–H groups in total. The second-order valence-electron chi connectivity index (χ2n) is 6.76. The maximum atomic E-state index is 13.2. The SMILES string of the molecule is CCC(CC)(C(=O)O)C(=O)OC(CCC(C)=O)(C(C)=O)C(=O)c1ccccc1. The van der Waals surface area contributed by atoms with E-state index in [1.807, 2.05) is 0 Å². The molecule has 0 fully saturated rings. The van der Waals surface area contributed by atoms with Crippen molar-refractivity contribution in [2.75, 3.05) is 0 Å². The molecule has 0 aliphatic rings. The van der Waals surface area contributed by atoms with Gasteiger partial charge in [0.1, 0.15) is 5.78 Å². The summed E-state index contributed by atoms with van der Waals surface area (Å²) in [6, 6.07) is 7.78. The van der Waals surface area contributed by atoms with Crippen molar-refractivity contribution in [1.82, 2.24) is 0 Å². The largest absolute Gasteiger partial charge is 0.480 e. The Morgan fingerprint density at radius 3 is 1.89 bits per heavy atom. The second kappa shape index (κ2) is 9.39. The van der Waals surface area contributed by atoms with Crippen LogP contribution < -0.4 is 0 Å². The topological polar surface area (TPSA) is 115 Å². The number of hydrogen-bond donors (Lipinski definition) is 1. The second-order valence-corrected chi connectivity index (χ2v) is 6.76. The molecule has 0 saturated carbocycles. The van der Waals surface area contributed by atoms with Gasteiger partial charge >= 0.3 is 11.9 Å². The molecule has 0 aliphatic carbocycles. The summed E-state index contributed by atoms with van der Waals surface area (Å²) in [7, 11) is 0. The van der Waals surface area contributed by atoms with E-state index < -0.39 is 34.5 Å². The molecule has 0 saturated heterocycles. The first-order valence-electron chi connectivity index (χ1n) is 9.14. The Morgan fingerprint density at radius 2 is 1.50 bits per heavy atom. The molecule has 1 rings (SSSR count). The van der Waals surface area contributed by atoms with Gasteiger partial charge in [-0.1, -0.05) is 44.2 Å². The number of hydrogen-bond acceptors (Lipinski definition) is 6. The molecule has 1 unspecified atom stereocenters. The van der Waals surface area contributed by atoms with Gasteiger partial charge in [0.15, 0.2) is 11.2 Å². The number of carboxylic acids is 1. The lowest BCUT2D eigenvalue weighted by molar-refractivity contribution is -0.180. The number of ether oxygens (including phenoxy) is 1. The average Bonchev–Trinajstić information content (AvgIpc) is 2.66. The first-order valence-corrected chi connectivity index (χ1v) is 9.14. The molecule has 1 aromatic carbocycles. The predicted octanol–water partition coefficient (Wildman–Crippen LogP) is 3.00. The molecule has 0 radical (unpaired) electrons. The molecule has 0 bridgehead atoms. The van der Waals surface area contributed by atoms with E-state index in [1.54, 1.807) is 18.2 Å². The number of esters is 1. The quantitative estimate of drug-likeness (QED) is 0.351. The highest BCUT2D eigenvalue weighted by molar-refractivity contribution is 6.18. The minimum atomic E-state index is -2.25. The van der Waals surface area contributed by atoms with Gasteiger partial charge in [-0.15, -0.1) is 0 Å². The number of Topliss-reactive ketones (excluding diaryl/α,β-unsaturated/α-hetero) is 3. The highest BCUT2D eigenvalue weighted by Gasteiger charge is 2.53. The molecule has 1 aromatic rings. The van der Waals surface area contributed by atoms with Crippen LogP contribution in [0.1, 0.15) is 63.7 Å². The van der Waals surface area contributed by atoms with Gasteiger partial charge in [0.05, 0.1) is 0 Å². The highest BCUT2D eigenvalue weighted by Crippen LogP contribution is 2.34. The van der Waals surface area contributed by atoms with Crippen molar-refractivity contribution in [3.05, 3.63) is 35.9 Å². The fourth-order valence-corrected chi connectivity index (χ4v) is 2.98. The van der Waals surface area contributed by atoms with Crippen LogP contribution in [-0.2, 0) is 23.9 Å². The first-order chi connectivity index (χ1) is 13.1. The van der Waals surface area contributed by atoms with Crippen LogP contribution in [0.3, 0.4) is 0 Å². The van der Waals surface area contributed by atoms with Crippen LogP contribution in [-0.4, -0.2) is 40.0 Å². The molecule has 0 spiro atoms. The van der Waals surface area contributed by atoms with E-state index in [2.05, 4.69) is 0 Å². The Kier molecular flexibility index (Phi) is 7.78. The van der Waals surface area contributed by atoms with E-state index in [0.29, 0.717) is 0 Å². The average molecular weight is 390 g/mol. The Balaban J connectivity index is 3.50. The van der Waals surface area contributed by atoms with Gasteiger partial charge in [-0.25, -0.2) is 0 Å². The number of aliphatic carboxylic acids is 1. The summed E-state index contributed by atoms with van der Waals surface area (Å²) in [5.41, 5.74) is -4.01. The summed E-state index contributed by atoms with van der Waals surface area (Å²) in [5, 5.41) is 9.58. The summed E-state index contributed by atoms with van der Waals surface area (Å²) < 4.78 is 5.40. The van der Waals surface area contributed by atoms with Crippen molar-refractivity contribution in [1.29, 1.82) is 0 Å². The van der Waals surface area contributed by atoms with Crippen LogP contribution >= 0.6 is 0 Å². The van der Waals surface area contributed by atoms with Crippen molar-refractivity contribution >= 4 is 29.3 Å². The van der Waals surface area contributed by atoms with E-state index in [1.165, 1.54) is 32.9 Å². The Hall–Kier alpha value is -2.83. The summed E-state index contributed by atoms with van der Waals surface area (Å²) >= 11 is 0. The number of carbonyl (C=O) groups excluding carboxylic acids is 4. The van der Waals surface area contributed by atoms with Crippen LogP contribution in [0.25, 0.3) is 0 Å². The van der Waals surface area contributed by atoms with E-state index in [9.17, 15) is 29.1 Å². The maximum Gasteiger partial charge on any atom is 0.324 e. The molecule has 28 heavy (non-hydrogen) atoms. The monoisotopic (exact) mass is 390 g/mol. The van der Waals surface area contributed by atoms with E-state index >= 15 is 0 Å². The Labute approximate surface area is 164 Å². The van der Waals surface area contributed by atoms with E-state index in [0.717, 1.165) is 6.92 Å². The van der Waals surface area contributed by atoms with Gasteiger partial charge < -0.3 is 14.6 Å². The number of rotatable bonds is 11. The number of carboxylic acid groups (broad SMARTS) is 1. The third-order valence-corrected chi connectivity index (χ3v) is 5.07. The van der Waals surface area contributed by atoms with Gasteiger partial charge in [0.2, 0.25) is 11.4 Å². The predicted molar refractivity (Wildman–Crippen MR) is 101 cm³/mol. The maximum absolute atomic E-state index is 13.2. The molecule has 0 aliphatic heterocycles. The van der Waals surface area contributed by atoms with Crippen molar-refractivity contribution in [2.45, 2.75) is 59.0 Å². The van der Waals surface area contributed by atoms with Gasteiger partial charge in [-0.05, 0) is 26.7 Å². The zero-order chi connectivity index (χ0) is 21.5. The van der Waals surface area contributed by atoms with Gasteiger partial charge in [0.25, 0.3) is 0 Å². The highest BCUT2D eigenvalue weighted by atomic mass is 16.6. The fraction of sp³-hybridized carbons (Fsp3) is 0.476. The van der Waals surface area contributed by atoms with Crippen LogP contribution in [0.4, 0.5) is 0 Å². The summed E-state index contributed by atoms with van der Waals surface area (Å²) in [6.45, 7) is 5.42. The summed E-state index contributed by atoms with van der Waals surface area (Å²) in [5.74, 6) is -4.38. The molecule has 1 atom stereocenters. The zero-order valence-electron chi connectivity index (χ0n) is 16.6. The molecular weight excluding hydrogens is 364 g/mol. The zero-order valence-corrected chi connectivity index (χ0v) is 16.6. The third-order valence-electron chi connectivity index (χ3n) is 5.07. The van der Waals surface area contributed by atoms with E-state index in [4.69, 9.17) is 4.74 Å². The van der Waals surface area contributed by atoms with Crippen LogP contribution in [0.2, 0.25) is 0 Å². The first kappa shape index (κ1) is 23.2. The lowest BCUT2D eigenvalue weighted by Crippen LogP contribution is -2.53. The summed E-state index contributed by atoms with van der Waals surface area (Å²) in [4.78, 5) is 61.9. The normalized spacial score (nSPS) is 13.3. The fourth-order valence-electron chi connectivity index (χ4n) is 2.98. The molecule has 152 valence electrons. The molecular formula is C21H26O7. The van der Waals surface area contributed by atoms with Crippen LogP contribution in [0.15, 0.2) is 30.3 Å². The minimum Gasteiger partial charge on any atom is -0.480 e. The molecule has 0 amide bonds. The Morgan fingerprint density at radius 1 is 0.964 bits per heavy atom. The smallest absolute Gasteiger partial charge is 0.324 e. The standard InChI is InChI=1S/C21H26O7/c1-5-20(6-2,18(25)26)19(27)28-21(15(4)23,13-12-14(3)22)17(24)16-10-8-7-9-11-16/h7-11H,5-6,12-13H2,1-4H3,(H,25,26). The molecule has 7 heteroatoms. The Bertz CT molecular complexity index is 762. The van der Waals surface area contributed by atoms with Crippen molar-refractivity contribution < 1.29 is 33.8 Å². The lowest BCUT2D eigenvalue weighted by Gasteiger charge is -2.34. The number of carbonyl (C=O) groups is 5. The van der Waals surface area contributed by atoms with Crippen molar-refractivity contribution in [3.8, 4) is 0 Å². The summed E-state index contributed by atoms with van der Waals surface area (Å²) in [6.07, 6.45) is -0.667. The molecule has 0 aromatic heterocycles. The number of ketones is 3.